The van der Waals surface area contributed by atoms with Gasteiger partial charge in [0.2, 0.25) is 0 Å². The fraction of sp³-hybridized carbons (Fsp3) is 0.696. The van der Waals surface area contributed by atoms with E-state index >= 15 is 0 Å². The van der Waals surface area contributed by atoms with Crippen molar-refractivity contribution in [1.29, 1.82) is 0 Å². The van der Waals surface area contributed by atoms with Crippen LogP contribution in [-0.2, 0) is 4.74 Å². The highest BCUT2D eigenvalue weighted by Gasteiger charge is 2.16. The first-order valence-corrected chi connectivity index (χ1v) is 11.1. The number of carbonyl (C=O) groups is 1. The number of piperidine rings is 1. The first-order valence-electron chi connectivity index (χ1n) is 11.1. The standard InChI is InChI=1S/C23H38N2O3/c1-3-4-5-6-7-11-17-27-22-14-12-13-21(18-22)24-23(26)28-20(2)19-25-15-9-8-10-16-25/h12-14,18,20H,3-11,15-17,19H2,1-2H3,(H,24,26)/t20-/m0/s1. The molecule has 1 atom stereocenters. The number of benzene rings is 1. The Balaban J connectivity index is 1.65. The maximum atomic E-state index is 12.2. The summed E-state index contributed by atoms with van der Waals surface area (Å²) in [6, 6.07) is 7.53. The van der Waals surface area contributed by atoms with Crippen LogP contribution in [0.3, 0.4) is 0 Å². The van der Waals surface area contributed by atoms with Crippen LogP contribution in [0.1, 0.15) is 71.6 Å². The molecule has 0 radical (unpaired) electrons. The number of amides is 1. The second-order valence-corrected chi connectivity index (χ2v) is 7.85. The third-order valence-electron chi connectivity index (χ3n) is 5.12. The average Bonchev–Trinajstić information content (AvgIpc) is 2.68. The lowest BCUT2D eigenvalue weighted by Crippen LogP contribution is -2.37. The highest BCUT2D eigenvalue weighted by atomic mass is 16.6. The van der Waals surface area contributed by atoms with E-state index in [9.17, 15) is 4.79 Å². The van der Waals surface area contributed by atoms with Crippen molar-refractivity contribution in [3.8, 4) is 5.75 Å². The van der Waals surface area contributed by atoms with Crippen molar-refractivity contribution in [3.63, 3.8) is 0 Å². The van der Waals surface area contributed by atoms with Crippen molar-refractivity contribution in [3.05, 3.63) is 24.3 Å². The normalized spacial score (nSPS) is 15.8. The van der Waals surface area contributed by atoms with E-state index in [1.807, 2.05) is 31.2 Å². The molecule has 1 amide bonds. The number of carbonyl (C=O) groups excluding carboxylic acids is 1. The highest BCUT2D eigenvalue weighted by Crippen LogP contribution is 2.18. The van der Waals surface area contributed by atoms with E-state index in [-0.39, 0.29) is 6.10 Å². The van der Waals surface area contributed by atoms with Crippen LogP contribution in [0.2, 0.25) is 0 Å². The molecule has 28 heavy (non-hydrogen) atoms. The number of nitrogens with one attached hydrogen (secondary N) is 1. The minimum absolute atomic E-state index is 0.120. The maximum absolute atomic E-state index is 12.2. The summed E-state index contributed by atoms with van der Waals surface area (Å²) in [5, 5.41) is 2.82. The smallest absolute Gasteiger partial charge is 0.411 e. The molecule has 0 bridgehead atoms. The molecule has 1 aliphatic rings. The highest BCUT2D eigenvalue weighted by molar-refractivity contribution is 5.84. The van der Waals surface area contributed by atoms with Crippen LogP contribution in [-0.4, -0.2) is 43.3 Å². The van der Waals surface area contributed by atoms with E-state index in [2.05, 4.69) is 17.1 Å². The number of hydrogen-bond acceptors (Lipinski definition) is 4. The molecule has 1 heterocycles. The SMILES string of the molecule is CCCCCCCCOc1cccc(NC(=O)O[C@@H](C)CN2CCCCC2)c1. The molecule has 0 saturated carbocycles. The first kappa shape index (κ1) is 22.5. The van der Waals surface area contributed by atoms with Gasteiger partial charge in [0, 0.05) is 18.3 Å². The second kappa shape index (κ2) is 13.4. The summed E-state index contributed by atoms with van der Waals surface area (Å²) in [6.07, 6.45) is 10.7. The zero-order valence-electron chi connectivity index (χ0n) is 17.8. The fourth-order valence-electron chi connectivity index (χ4n) is 3.61. The quantitative estimate of drug-likeness (QED) is 0.455. The number of likely N-dealkylation sites (tertiary alicyclic amines) is 1. The topological polar surface area (TPSA) is 50.8 Å². The van der Waals surface area contributed by atoms with Gasteiger partial charge in [-0.25, -0.2) is 4.79 Å². The lowest BCUT2D eigenvalue weighted by molar-refractivity contribution is 0.0833. The molecule has 0 unspecified atom stereocenters. The van der Waals surface area contributed by atoms with Crippen LogP contribution in [0.15, 0.2) is 24.3 Å². The van der Waals surface area contributed by atoms with Crippen LogP contribution in [0.25, 0.3) is 0 Å². The van der Waals surface area contributed by atoms with Gasteiger partial charge >= 0.3 is 6.09 Å². The van der Waals surface area contributed by atoms with Gasteiger partial charge in [-0.3, -0.25) is 10.2 Å². The van der Waals surface area contributed by atoms with Crippen molar-refractivity contribution < 1.29 is 14.3 Å². The van der Waals surface area contributed by atoms with Crippen LogP contribution in [0, 0.1) is 0 Å². The fourth-order valence-corrected chi connectivity index (χ4v) is 3.61. The number of nitrogens with zero attached hydrogens (tertiary/aromatic N) is 1. The van der Waals surface area contributed by atoms with E-state index in [0.717, 1.165) is 31.8 Å². The summed E-state index contributed by atoms with van der Waals surface area (Å²) >= 11 is 0. The lowest BCUT2D eigenvalue weighted by atomic mass is 10.1. The van der Waals surface area contributed by atoms with Crippen molar-refractivity contribution >= 4 is 11.8 Å². The summed E-state index contributed by atoms with van der Waals surface area (Å²) < 4.78 is 11.3. The molecule has 1 aromatic rings. The molecular weight excluding hydrogens is 352 g/mol. The molecular formula is C23H38N2O3. The molecule has 2 rings (SSSR count). The number of rotatable bonds is 12. The van der Waals surface area contributed by atoms with Crippen molar-refractivity contribution in [2.24, 2.45) is 0 Å². The summed E-state index contributed by atoms with van der Waals surface area (Å²) in [6.45, 7) is 7.91. The summed E-state index contributed by atoms with van der Waals surface area (Å²) in [7, 11) is 0. The molecule has 1 aromatic carbocycles. The molecule has 0 spiro atoms. The molecule has 1 fully saturated rings. The predicted octanol–water partition coefficient (Wildman–Crippen LogP) is 5.85. The van der Waals surface area contributed by atoms with Crippen LogP contribution >= 0.6 is 0 Å². The van der Waals surface area contributed by atoms with Gasteiger partial charge in [0.05, 0.1) is 6.61 Å². The second-order valence-electron chi connectivity index (χ2n) is 7.85. The Labute approximate surface area is 170 Å². The van der Waals surface area contributed by atoms with Gasteiger partial charge in [-0.15, -0.1) is 0 Å². The van der Waals surface area contributed by atoms with Crippen LogP contribution in [0.5, 0.6) is 5.75 Å². The summed E-state index contributed by atoms with van der Waals surface area (Å²) in [5.74, 6) is 0.785. The number of hydrogen-bond donors (Lipinski definition) is 1. The Morgan fingerprint density at radius 1 is 1.11 bits per heavy atom. The summed E-state index contributed by atoms with van der Waals surface area (Å²) in [4.78, 5) is 14.5. The third-order valence-corrected chi connectivity index (χ3v) is 5.12. The van der Waals surface area contributed by atoms with E-state index in [1.165, 1.54) is 51.4 Å². The molecule has 0 aliphatic carbocycles. The molecule has 1 saturated heterocycles. The van der Waals surface area contributed by atoms with Gasteiger partial charge in [0.25, 0.3) is 0 Å². The van der Waals surface area contributed by atoms with Gasteiger partial charge in [-0.2, -0.15) is 0 Å². The van der Waals surface area contributed by atoms with E-state index in [0.29, 0.717) is 12.3 Å². The summed E-state index contributed by atoms with van der Waals surface area (Å²) in [5.41, 5.74) is 0.704. The van der Waals surface area contributed by atoms with Crippen LogP contribution in [0.4, 0.5) is 10.5 Å². The van der Waals surface area contributed by atoms with E-state index in [1.54, 1.807) is 0 Å². The molecule has 1 N–H and O–H groups in total. The monoisotopic (exact) mass is 390 g/mol. The minimum Gasteiger partial charge on any atom is -0.494 e. The predicted molar refractivity (Wildman–Crippen MR) is 115 cm³/mol. The Kier molecular flexibility index (Phi) is 10.8. The van der Waals surface area contributed by atoms with Crippen molar-refractivity contribution in [2.45, 2.75) is 77.7 Å². The number of unbranched alkanes of at least 4 members (excludes halogenated alkanes) is 5. The Morgan fingerprint density at radius 3 is 2.64 bits per heavy atom. The van der Waals surface area contributed by atoms with Crippen LogP contribution < -0.4 is 10.1 Å². The minimum atomic E-state index is -0.405. The molecule has 158 valence electrons. The van der Waals surface area contributed by atoms with Gasteiger partial charge in [-0.1, -0.05) is 51.5 Å². The maximum Gasteiger partial charge on any atom is 0.411 e. The van der Waals surface area contributed by atoms with Gasteiger partial charge in [-0.05, 0) is 51.4 Å². The molecule has 5 nitrogen and oxygen atoms in total. The lowest BCUT2D eigenvalue weighted by Gasteiger charge is -2.28. The Morgan fingerprint density at radius 2 is 1.86 bits per heavy atom. The zero-order valence-corrected chi connectivity index (χ0v) is 17.8. The number of anilines is 1. The van der Waals surface area contributed by atoms with Gasteiger partial charge in [0.15, 0.2) is 0 Å². The Bertz CT molecular complexity index is 559. The third kappa shape index (κ3) is 9.45. The zero-order chi connectivity index (χ0) is 20.0. The van der Waals surface area contributed by atoms with E-state index < -0.39 is 6.09 Å². The van der Waals surface area contributed by atoms with E-state index in [4.69, 9.17) is 9.47 Å². The van der Waals surface area contributed by atoms with Crippen molar-refractivity contribution in [1.82, 2.24) is 4.90 Å². The van der Waals surface area contributed by atoms with Gasteiger partial charge in [0.1, 0.15) is 11.9 Å². The number of ether oxygens (including phenoxy) is 2. The molecule has 0 aromatic heterocycles. The molecule has 1 aliphatic heterocycles. The van der Waals surface area contributed by atoms with Crippen molar-refractivity contribution in [2.75, 3.05) is 31.6 Å². The molecule has 5 heteroatoms. The first-order chi connectivity index (χ1) is 13.7. The Hall–Kier alpha value is -1.75. The largest absolute Gasteiger partial charge is 0.494 e. The average molecular weight is 391 g/mol. The van der Waals surface area contributed by atoms with Gasteiger partial charge < -0.3 is 9.47 Å².